The average molecular weight is 224 g/mol. The second-order valence-electron chi connectivity index (χ2n) is 5.63. The van der Waals surface area contributed by atoms with Crippen LogP contribution in [0.25, 0.3) is 0 Å². The van der Waals surface area contributed by atoms with Crippen molar-refractivity contribution in [2.45, 2.75) is 52.0 Å². The lowest BCUT2D eigenvalue weighted by Crippen LogP contribution is -2.52. The van der Waals surface area contributed by atoms with Gasteiger partial charge < -0.3 is 10.6 Å². The maximum atomic E-state index is 12.3. The zero-order valence-corrected chi connectivity index (χ0v) is 10.5. The fraction of sp³-hybridized carbons (Fsp3) is 0.923. The lowest BCUT2D eigenvalue weighted by molar-refractivity contribution is -0.134. The zero-order valence-electron chi connectivity index (χ0n) is 10.5. The third-order valence-corrected chi connectivity index (χ3v) is 4.43. The van der Waals surface area contributed by atoms with Gasteiger partial charge in [-0.25, -0.2) is 0 Å². The number of hydrogen-bond acceptors (Lipinski definition) is 2. The molecule has 0 aromatic rings. The molecule has 2 aliphatic rings. The van der Waals surface area contributed by atoms with Gasteiger partial charge in [-0.15, -0.1) is 0 Å². The zero-order chi connectivity index (χ0) is 11.6. The van der Waals surface area contributed by atoms with Crippen LogP contribution in [0.3, 0.4) is 0 Å². The molecule has 2 N–H and O–H groups in total. The first-order valence-corrected chi connectivity index (χ1v) is 6.68. The van der Waals surface area contributed by atoms with Crippen LogP contribution in [0.2, 0.25) is 0 Å². The summed E-state index contributed by atoms with van der Waals surface area (Å²) in [6, 6.07) is 0.459. The van der Waals surface area contributed by atoms with Gasteiger partial charge in [-0.2, -0.15) is 0 Å². The van der Waals surface area contributed by atoms with E-state index in [1.54, 1.807) is 0 Å². The largest absolute Gasteiger partial charge is 0.353 e. The molecule has 0 bridgehead atoms. The molecule has 2 rings (SSSR count). The Morgan fingerprint density at radius 1 is 1.38 bits per heavy atom. The van der Waals surface area contributed by atoms with Crippen LogP contribution in [0.1, 0.15) is 46.0 Å². The van der Waals surface area contributed by atoms with Crippen molar-refractivity contribution in [1.82, 2.24) is 10.6 Å². The quantitative estimate of drug-likeness (QED) is 0.766. The SMILES string of the molecule is CCC1(C(=O)NC2CC(C)C2)CCNCC1. The molecule has 3 nitrogen and oxygen atoms in total. The Morgan fingerprint density at radius 2 is 2.00 bits per heavy atom. The van der Waals surface area contributed by atoms with E-state index >= 15 is 0 Å². The van der Waals surface area contributed by atoms with E-state index in [2.05, 4.69) is 24.5 Å². The minimum Gasteiger partial charge on any atom is -0.353 e. The molecule has 92 valence electrons. The topological polar surface area (TPSA) is 41.1 Å². The number of rotatable bonds is 3. The molecule has 1 saturated carbocycles. The van der Waals surface area contributed by atoms with E-state index in [1.807, 2.05) is 0 Å². The summed E-state index contributed by atoms with van der Waals surface area (Å²) in [5.74, 6) is 1.12. The summed E-state index contributed by atoms with van der Waals surface area (Å²) in [6.45, 7) is 6.38. The van der Waals surface area contributed by atoms with Gasteiger partial charge >= 0.3 is 0 Å². The van der Waals surface area contributed by atoms with E-state index in [0.717, 1.165) is 38.3 Å². The Balaban J connectivity index is 1.90. The van der Waals surface area contributed by atoms with Crippen LogP contribution in [0.5, 0.6) is 0 Å². The van der Waals surface area contributed by atoms with Crippen LogP contribution in [0.15, 0.2) is 0 Å². The highest BCUT2D eigenvalue weighted by atomic mass is 16.2. The average Bonchev–Trinajstić information content (AvgIpc) is 2.28. The van der Waals surface area contributed by atoms with Gasteiger partial charge in [-0.05, 0) is 51.1 Å². The number of carbonyl (C=O) groups is 1. The second-order valence-corrected chi connectivity index (χ2v) is 5.63. The summed E-state index contributed by atoms with van der Waals surface area (Å²) in [6.07, 6.45) is 5.31. The van der Waals surface area contributed by atoms with Crippen LogP contribution in [0.4, 0.5) is 0 Å². The van der Waals surface area contributed by atoms with E-state index in [9.17, 15) is 4.79 Å². The van der Waals surface area contributed by atoms with Crippen LogP contribution in [-0.2, 0) is 4.79 Å². The highest BCUT2D eigenvalue weighted by Crippen LogP contribution is 2.34. The van der Waals surface area contributed by atoms with Crippen LogP contribution < -0.4 is 10.6 Å². The van der Waals surface area contributed by atoms with Gasteiger partial charge in [0.25, 0.3) is 0 Å². The van der Waals surface area contributed by atoms with E-state index < -0.39 is 0 Å². The highest BCUT2D eigenvalue weighted by Gasteiger charge is 2.39. The minimum atomic E-state index is -0.0793. The van der Waals surface area contributed by atoms with Crippen molar-refractivity contribution in [3.8, 4) is 0 Å². The molecule has 0 radical (unpaired) electrons. The molecule has 1 saturated heterocycles. The monoisotopic (exact) mass is 224 g/mol. The molecule has 0 spiro atoms. The first-order valence-electron chi connectivity index (χ1n) is 6.68. The molecule has 0 unspecified atom stereocenters. The summed E-state index contributed by atoms with van der Waals surface area (Å²) < 4.78 is 0. The van der Waals surface area contributed by atoms with Gasteiger partial charge in [0.2, 0.25) is 5.91 Å². The number of nitrogens with one attached hydrogen (secondary N) is 2. The van der Waals surface area contributed by atoms with Crippen molar-refractivity contribution >= 4 is 5.91 Å². The lowest BCUT2D eigenvalue weighted by Gasteiger charge is -2.40. The predicted molar refractivity (Wildman–Crippen MR) is 65.2 cm³/mol. The summed E-state index contributed by atoms with van der Waals surface area (Å²) in [5, 5.41) is 6.58. The lowest BCUT2D eigenvalue weighted by atomic mass is 9.74. The first kappa shape index (κ1) is 11.9. The van der Waals surface area contributed by atoms with Gasteiger partial charge in [0, 0.05) is 6.04 Å². The van der Waals surface area contributed by atoms with E-state index in [0.29, 0.717) is 11.9 Å². The number of piperidine rings is 1. The van der Waals surface area contributed by atoms with Crippen LogP contribution in [0, 0.1) is 11.3 Å². The Labute approximate surface area is 98.4 Å². The van der Waals surface area contributed by atoms with Gasteiger partial charge in [-0.1, -0.05) is 13.8 Å². The Bertz CT molecular complexity index is 253. The fourth-order valence-corrected chi connectivity index (χ4v) is 3.01. The smallest absolute Gasteiger partial charge is 0.226 e. The number of hydrogen-bond donors (Lipinski definition) is 2. The van der Waals surface area contributed by atoms with Crippen molar-refractivity contribution in [2.75, 3.05) is 13.1 Å². The molecule has 1 aliphatic carbocycles. The van der Waals surface area contributed by atoms with Gasteiger partial charge in [0.05, 0.1) is 5.41 Å². The summed E-state index contributed by atoms with van der Waals surface area (Å²) in [4.78, 5) is 12.3. The fourth-order valence-electron chi connectivity index (χ4n) is 3.01. The maximum Gasteiger partial charge on any atom is 0.226 e. The van der Waals surface area contributed by atoms with Crippen molar-refractivity contribution in [3.63, 3.8) is 0 Å². The highest BCUT2D eigenvalue weighted by molar-refractivity contribution is 5.83. The van der Waals surface area contributed by atoms with Gasteiger partial charge in [0.15, 0.2) is 0 Å². The number of amides is 1. The van der Waals surface area contributed by atoms with Crippen molar-refractivity contribution < 1.29 is 4.79 Å². The summed E-state index contributed by atoms with van der Waals surface area (Å²) in [7, 11) is 0. The predicted octanol–water partition coefficient (Wildman–Crippen LogP) is 1.68. The standard InChI is InChI=1S/C13H24N2O/c1-3-13(4-6-14-7-5-13)12(16)15-11-8-10(2)9-11/h10-11,14H,3-9H2,1-2H3,(H,15,16). The molecule has 3 heteroatoms. The van der Waals surface area contributed by atoms with Crippen LogP contribution in [-0.4, -0.2) is 25.0 Å². The first-order chi connectivity index (χ1) is 7.66. The third kappa shape index (κ3) is 2.24. The number of carbonyl (C=O) groups excluding carboxylic acids is 1. The molecular formula is C13H24N2O. The molecule has 1 amide bonds. The van der Waals surface area contributed by atoms with Crippen molar-refractivity contribution in [2.24, 2.45) is 11.3 Å². The van der Waals surface area contributed by atoms with Crippen molar-refractivity contribution in [3.05, 3.63) is 0 Å². The van der Waals surface area contributed by atoms with E-state index in [-0.39, 0.29) is 5.41 Å². The maximum absolute atomic E-state index is 12.3. The molecule has 1 heterocycles. The minimum absolute atomic E-state index is 0.0793. The molecule has 0 atom stereocenters. The summed E-state index contributed by atoms with van der Waals surface area (Å²) >= 11 is 0. The molecule has 0 aromatic heterocycles. The third-order valence-electron chi connectivity index (χ3n) is 4.43. The van der Waals surface area contributed by atoms with E-state index in [1.165, 1.54) is 12.8 Å². The van der Waals surface area contributed by atoms with Crippen molar-refractivity contribution in [1.29, 1.82) is 0 Å². The molecule has 2 fully saturated rings. The Kier molecular flexibility index (Phi) is 3.53. The molecule has 1 aliphatic heterocycles. The van der Waals surface area contributed by atoms with Crippen LogP contribution >= 0.6 is 0 Å². The van der Waals surface area contributed by atoms with Gasteiger partial charge in [0.1, 0.15) is 0 Å². The van der Waals surface area contributed by atoms with Gasteiger partial charge in [-0.3, -0.25) is 4.79 Å². The normalized spacial score (nSPS) is 32.9. The second kappa shape index (κ2) is 4.74. The van der Waals surface area contributed by atoms with E-state index in [4.69, 9.17) is 0 Å². The molecule has 0 aromatic carbocycles. The Morgan fingerprint density at radius 3 is 2.50 bits per heavy atom. The Hall–Kier alpha value is -0.570. The molecule has 16 heavy (non-hydrogen) atoms. The summed E-state index contributed by atoms with van der Waals surface area (Å²) in [5.41, 5.74) is -0.0793. The molecular weight excluding hydrogens is 200 g/mol.